The SMILES string of the molecule is CC1=C(C(=O)OC[C@@H]2CCCO2)[C@@H](c2ccc(N3CCOCC3)cc2)C2=C(C[C@H](c3ccc(N(C)C)cc3)CC2=O)N1. The first-order valence-corrected chi connectivity index (χ1v) is 15.1. The van der Waals surface area contributed by atoms with E-state index >= 15 is 0 Å². The fourth-order valence-corrected chi connectivity index (χ4v) is 6.64. The monoisotopic (exact) mass is 571 g/mol. The Morgan fingerprint density at radius 3 is 2.38 bits per heavy atom. The second kappa shape index (κ2) is 12.3. The quantitative estimate of drug-likeness (QED) is 0.481. The number of hydrogen-bond donors (Lipinski definition) is 1. The number of allylic oxidation sites excluding steroid dienone is 3. The molecule has 3 aliphatic heterocycles. The van der Waals surface area contributed by atoms with E-state index in [1.165, 1.54) is 0 Å². The molecule has 0 radical (unpaired) electrons. The van der Waals surface area contributed by atoms with Gasteiger partial charge in [-0.05, 0) is 67.5 Å². The molecule has 3 atom stereocenters. The van der Waals surface area contributed by atoms with Crippen LogP contribution in [0.15, 0.2) is 71.1 Å². The van der Waals surface area contributed by atoms with Crippen LogP contribution in [-0.4, -0.2) is 71.5 Å². The predicted molar refractivity (Wildman–Crippen MR) is 163 cm³/mol. The Kier molecular flexibility index (Phi) is 8.36. The molecule has 2 fully saturated rings. The number of carbonyl (C=O) groups is 2. The van der Waals surface area contributed by atoms with Crippen molar-refractivity contribution in [2.45, 2.75) is 50.5 Å². The van der Waals surface area contributed by atoms with Gasteiger partial charge < -0.3 is 29.3 Å². The standard InChI is InChI=1S/C34H41N3O5/c1-22-31(34(39)42-21-28-5-4-16-41-28)32(24-8-12-27(13-9-24)37-14-17-40-18-15-37)33-29(35-22)19-25(20-30(33)38)23-6-10-26(11-7-23)36(2)3/h6-13,25,28,32,35H,4-5,14-21H2,1-3H3/t25-,28-,32+/m0/s1. The van der Waals surface area contributed by atoms with Crippen LogP contribution in [-0.2, 0) is 23.8 Å². The molecule has 1 aliphatic carbocycles. The Hall–Kier alpha value is -3.62. The van der Waals surface area contributed by atoms with Crippen molar-refractivity contribution < 1.29 is 23.8 Å². The van der Waals surface area contributed by atoms with Crippen LogP contribution >= 0.6 is 0 Å². The van der Waals surface area contributed by atoms with Gasteiger partial charge in [0.25, 0.3) is 0 Å². The number of nitrogens with zero attached hydrogens (tertiary/aromatic N) is 2. The minimum atomic E-state index is -0.485. The Balaban J connectivity index is 1.32. The Bertz CT molecular complexity index is 1370. The summed E-state index contributed by atoms with van der Waals surface area (Å²) >= 11 is 0. The van der Waals surface area contributed by atoms with Crippen molar-refractivity contribution in [2.75, 3.05) is 63.4 Å². The Morgan fingerprint density at radius 1 is 1.00 bits per heavy atom. The van der Waals surface area contributed by atoms with Crippen molar-refractivity contribution in [2.24, 2.45) is 0 Å². The van der Waals surface area contributed by atoms with Gasteiger partial charge in [-0.3, -0.25) is 4.79 Å². The fraction of sp³-hybridized carbons (Fsp3) is 0.471. The van der Waals surface area contributed by atoms with Crippen molar-refractivity contribution in [1.82, 2.24) is 5.32 Å². The largest absolute Gasteiger partial charge is 0.459 e. The molecule has 2 saturated heterocycles. The molecule has 0 unspecified atom stereocenters. The summed E-state index contributed by atoms with van der Waals surface area (Å²) in [5.74, 6) is -0.727. The fourth-order valence-electron chi connectivity index (χ4n) is 6.64. The second-order valence-corrected chi connectivity index (χ2v) is 11.9. The predicted octanol–water partition coefficient (Wildman–Crippen LogP) is 4.67. The zero-order chi connectivity index (χ0) is 29.2. The summed E-state index contributed by atoms with van der Waals surface area (Å²) in [4.78, 5) is 32.1. The highest BCUT2D eigenvalue weighted by Crippen LogP contribution is 2.46. The van der Waals surface area contributed by atoms with Crippen LogP contribution in [0.25, 0.3) is 0 Å². The molecule has 8 heteroatoms. The molecule has 0 spiro atoms. The summed E-state index contributed by atoms with van der Waals surface area (Å²) in [6.07, 6.45) is 2.92. The number of morpholine rings is 1. The molecule has 2 aromatic rings. The first-order chi connectivity index (χ1) is 20.4. The third kappa shape index (κ3) is 5.83. The number of rotatable bonds is 7. The molecule has 222 valence electrons. The van der Waals surface area contributed by atoms with Crippen LogP contribution < -0.4 is 15.1 Å². The van der Waals surface area contributed by atoms with Gasteiger partial charge in [-0.2, -0.15) is 0 Å². The number of ketones is 1. The molecule has 0 aromatic heterocycles. The van der Waals surface area contributed by atoms with Gasteiger partial charge in [0.2, 0.25) is 0 Å². The maximum Gasteiger partial charge on any atom is 0.336 e. The maximum absolute atomic E-state index is 14.0. The third-order valence-corrected chi connectivity index (χ3v) is 8.96. The number of ether oxygens (including phenoxy) is 3. The van der Waals surface area contributed by atoms with E-state index in [2.05, 4.69) is 63.6 Å². The maximum atomic E-state index is 14.0. The van der Waals surface area contributed by atoms with Gasteiger partial charge in [0.05, 0.1) is 24.9 Å². The lowest BCUT2D eigenvalue weighted by Crippen LogP contribution is -2.37. The number of nitrogens with one attached hydrogen (secondary N) is 1. The summed E-state index contributed by atoms with van der Waals surface area (Å²) in [5.41, 5.74) is 7.15. The Morgan fingerprint density at radius 2 is 1.71 bits per heavy atom. The average molecular weight is 572 g/mol. The van der Waals surface area contributed by atoms with E-state index in [1.54, 1.807) is 0 Å². The number of esters is 1. The lowest BCUT2D eigenvalue weighted by atomic mass is 9.71. The van der Waals surface area contributed by atoms with E-state index in [9.17, 15) is 9.59 Å². The zero-order valence-electron chi connectivity index (χ0n) is 24.9. The summed E-state index contributed by atoms with van der Waals surface area (Å²) in [7, 11) is 4.04. The molecule has 0 saturated carbocycles. The summed E-state index contributed by atoms with van der Waals surface area (Å²) in [5, 5.41) is 3.48. The van der Waals surface area contributed by atoms with E-state index in [-0.39, 0.29) is 24.4 Å². The minimum Gasteiger partial charge on any atom is -0.459 e. The van der Waals surface area contributed by atoms with Crippen LogP contribution in [0, 0.1) is 0 Å². The van der Waals surface area contributed by atoms with Crippen molar-refractivity contribution in [3.05, 3.63) is 82.2 Å². The van der Waals surface area contributed by atoms with Crippen LogP contribution in [0.4, 0.5) is 11.4 Å². The summed E-state index contributed by atoms with van der Waals surface area (Å²) in [6.45, 7) is 5.96. The third-order valence-electron chi connectivity index (χ3n) is 8.96. The van der Waals surface area contributed by atoms with Crippen molar-refractivity contribution in [1.29, 1.82) is 0 Å². The molecule has 1 N–H and O–H groups in total. The van der Waals surface area contributed by atoms with Gasteiger partial charge in [0.1, 0.15) is 6.61 Å². The highest BCUT2D eigenvalue weighted by Gasteiger charge is 2.41. The number of dihydropyridines is 1. The van der Waals surface area contributed by atoms with Crippen molar-refractivity contribution in [3.63, 3.8) is 0 Å². The van der Waals surface area contributed by atoms with Gasteiger partial charge in [-0.1, -0.05) is 24.3 Å². The van der Waals surface area contributed by atoms with Crippen LogP contribution in [0.3, 0.4) is 0 Å². The number of benzene rings is 2. The number of anilines is 2. The lowest BCUT2D eigenvalue weighted by Gasteiger charge is -2.37. The number of Topliss-reactive ketones (excluding diaryl/α,β-unsaturated/α-hetero) is 1. The summed E-state index contributed by atoms with van der Waals surface area (Å²) in [6, 6.07) is 16.8. The number of carbonyl (C=O) groups excluding carboxylic acids is 2. The van der Waals surface area contributed by atoms with E-state index in [4.69, 9.17) is 14.2 Å². The highest BCUT2D eigenvalue weighted by molar-refractivity contribution is 6.04. The first kappa shape index (κ1) is 28.5. The van der Waals surface area contributed by atoms with Crippen molar-refractivity contribution in [3.8, 4) is 0 Å². The van der Waals surface area contributed by atoms with Gasteiger partial charge in [0, 0.05) is 74.5 Å². The van der Waals surface area contributed by atoms with Crippen molar-refractivity contribution >= 4 is 23.1 Å². The smallest absolute Gasteiger partial charge is 0.336 e. The molecule has 6 rings (SSSR count). The van der Waals surface area contributed by atoms with E-state index < -0.39 is 11.9 Å². The van der Waals surface area contributed by atoms with Crippen LogP contribution in [0.2, 0.25) is 0 Å². The topological polar surface area (TPSA) is 80.3 Å². The Labute approximate surface area is 248 Å². The van der Waals surface area contributed by atoms with Gasteiger partial charge in [-0.15, -0.1) is 0 Å². The molecule has 2 aromatic carbocycles. The van der Waals surface area contributed by atoms with Gasteiger partial charge in [0.15, 0.2) is 5.78 Å². The highest BCUT2D eigenvalue weighted by atomic mass is 16.6. The molecule has 4 aliphatic rings. The molecule has 0 amide bonds. The normalized spacial score (nSPS) is 24.4. The van der Waals surface area contributed by atoms with Gasteiger partial charge in [-0.25, -0.2) is 4.79 Å². The van der Waals surface area contributed by atoms with Crippen LogP contribution in [0.1, 0.15) is 55.6 Å². The molecule has 42 heavy (non-hydrogen) atoms. The molecule has 3 heterocycles. The molecule has 0 bridgehead atoms. The first-order valence-electron chi connectivity index (χ1n) is 15.1. The minimum absolute atomic E-state index is 0.0663. The van der Waals surface area contributed by atoms with E-state index in [0.29, 0.717) is 43.8 Å². The average Bonchev–Trinajstić information content (AvgIpc) is 3.53. The molecular formula is C34H41N3O5. The lowest BCUT2D eigenvalue weighted by molar-refractivity contribution is -0.142. The zero-order valence-corrected chi connectivity index (χ0v) is 24.9. The van der Waals surface area contributed by atoms with E-state index in [0.717, 1.165) is 59.8 Å². The number of hydrogen-bond acceptors (Lipinski definition) is 8. The van der Waals surface area contributed by atoms with E-state index in [1.807, 2.05) is 21.0 Å². The van der Waals surface area contributed by atoms with Crippen LogP contribution in [0.5, 0.6) is 0 Å². The molecule has 8 nitrogen and oxygen atoms in total. The second-order valence-electron chi connectivity index (χ2n) is 11.9. The van der Waals surface area contributed by atoms with Gasteiger partial charge >= 0.3 is 5.97 Å². The molecular weight excluding hydrogens is 530 g/mol. The summed E-state index contributed by atoms with van der Waals surface area (Å²) < 4.78 is 17.0.